The Balaban J connectivity index is 1.63. The maximum absolute atomic E-state index is 12.1. The first-order valence-corrected chi connectivity index (χ1v) is 7.35. The van der Waals surface area contributed by atoms with Crippen LogP contribution in [-0.2, 0) is 4.79 Å². The number of benzene rings is 1. The van der Waals surface area contributed by atoms with E-state index in [-0.39, 0.29) is 11.9 Å². The van der Waals surface area contributed by atoms with Gasteiger partial charge in [0.25, 0.3) is 0 Å². The molecular weight excluding hydrogens is 250 g/mol. The second-order valence-corrected chi connectivity index (χ2v) is 5.74. The maximum Gasteiger partial charge on any atom is 0.224 e. The normalized spacial score (nSPS) is 22.9. The molecule has 1 heterocycles. The topological polar surface area (TPSA) is 70.9 Å². The number of aromatic amines is 1. The molecule has 4 N–H and O–H groups in total. The zero-order chi connectivity index (χ0) is 13.9. The molecular formula is C16H21N3O. The van der Waals surface area contributed by atoms with Gasteiger partial charge in [0.05, 0.1) is 0 Å². The number of nitrogens with two attached hydrogens (primary N) is 1. The molecule has 1 saturated carbocycles. The minimum Gasteiger partial charge on any atom is -0.361 e. The highest BCUT2D eigenvalue weighted by Crippen LogP contribution is 2.26. The van der Waals surface area contributed by atoms with Gasteiger partial charge in [-0.3, -0.25) is 4.79 Å². The first-order chi connectivity index (χ1) is 9.72. The number of amides is 1. The minimum atomic E-state index is 0.0715. The molecule has 0 aliphatic heterocycles. The fourth-order valence-corrected chi connectivity index (χ4v) is 3.07. The van der Waals surface area contributed by atoms with E-state index in [9.17, 15) is 4.79 Å². The summed E-state index contributed by atoms with van der Waals surface area (Å²) < 4.78 is 0. The second kappa shape index (κ2) is 5.67. The Hall–Kier alpha value is -1.81. The molecule has 0 spiro atoms. The third kappa shape index (κ3) is 2.85. The number of H-pyrrole nitrogens is 1. The van der Waals surface area contributed by atoms with Crippen molar-refractivity contribution >= 4 is 22.5 Å². The van der Waals surface area contributed by atoms with Crippen LogP contribution in [0.5, 0.6) is 0 Å². The van der Waals surface area contributed by atoms with Gasteiger partial charge in [-0.15, -0.1) is 0 Å². The summed E-state index contributed by atoms with van der Waals surface area (Å²) in [6, 6.07) is 8.09. The number of aromatic nitrogens is 1. The van der Waals surface area contributed by atoms with E-state index in [1.807, 2.05) is 30.5 Å². The van der Waals surface area contributed by atoms with E-state index in [1.165, 1.54) is 12.8 Å². The van der Waals surface area contributed by atoms with Gasteiger partial charge in [0, 0.05) is 35.2 Å². The summed E-state index contributed by atoms with van der Waals surface area (Å²) in [4.78, 5) is 15.3. The van der Waals surface area contributed by atoms with Crippen LogP contribution in [0.2, 0.25) is 0 Å². The number of nitrogens with one attached hydrogen (secondary N) is 2. The van der Waals surface area contributed by atoms with Gasteiger partial charge >= 0.3 is 0 Å². The SMILES string of the molecule is NC1CCCCC1CC(=O)Nc1ccc2[nH]ccc2c1. The Kier molecular flexibility index (Phi) is 3.74. The summed E-state index contributed by atoms with van der Waals surface area (Å²) in [6.07, 6.45) is 6.95. The number of carbonyl (C=O) groups excluding carboxylic acids is 1. The van der Waals surface area contributed by atoms with E-state index in [0.29, 0.717) is 12.3 Å². The number of hydrogen-bond acceptors (Lipinski definition) is 2. The van der Waals surface area contributed by atoms with Crippen LogP contribution in [0.25, 0.3) is 10.9 Å². The Morgan fingerprint density at radius 1 is 1.30 bits per heavy atom. The van der Waals surface area contributed by atoms with Crippen molar-refractivity contribution in [1.82, 2.24) is 4.98 Å². The van der Waals surface area contributed by atoms with E-state index in [1.54, 1.807) is 0 Å². The summed E-state index contributed by atoms with van der Waals surface area (Å²) in [7, 11) is 0. The number of rotatable bonds is 3. The third-order valence-electron chi connectivity index (χ3n) is 4.25. The fraction of sp³-hybridized carbons (Fsp3) is 0.438. The van der Waals surface area contributed by atoms with Crippen molar-refractivity contribution in [2.75, 3.05) is 5.32 Å². The Bertz CT molecular complexity index is 605. The summed E-state index contributed by atoms with van der Waals surface area (Å²) in [6.45, 7) is 0. The van der Waals surface area contributed by atoms with Crippen LogP contribution < -0.4 is 11.1 Å². The van der Waals surface area contributed by atoms with E-state index >= 15 is 0 Å². The quantitative estimate of drug-likeness (QED) is 0.803. The van der Waals surface area contributed by atoms with Gasteiger partial charge < -0.3 is 16.0 Å². The first-order valence-electron chi connectivity index (χ1n) is 7.35. The molecule has 1 aliphatic carbocycles. The molecule has 0 saturated heterocycles. The first kappa shape index (κ1) is 13.2. The van der Waals surface area contributed by atoms with Crippen molar-refractivity contribution in [1.29, 1.82) is 0 Å². The smallest absolute Gasteiger partial charge is 0.224 e. The Morgan fingerprint density at radius 2 is 2.15 bits per heavy atom. The van der Waals surface area contributed by atoms with Crippen molar-refractivity contribution < 1.29 is 4.79 Å². The predicted molar refractivity (Wildman–Crippen MR) is 81.5 cm³/mol. The largest absolute Gasteiger partial charge is 0.361 e. The molecule has 2 aromatic rings. The average molecular weight is 271 g/mol. The molecule has 0 radical (unpaired) electrons. The van der Waals surface area contributed by atoms with Gasteiger partial charge in [-0.2, -0.15) is 0 Å². The Labute approximate surface area is 118 Å². The van der Waals surface area contributed by atoms with Gasteiger partial charge in [0.1, 0.15) is 0 Å². The molecule has 1 aromatic carbocycles. The minimum absolute atomic E-state index is 0.0715. The maximum atomic E-state index is 12.1. The zero-order valence-electron chi connectivity index (χ0n) is 11.6. The number of anilines is 1. The molecule has 2 atom stereocenters. The molecule has 106 valence electrons. The van der Waals surface area contributed by atoms with Gasteiger partial charge in [0.2, 0.25) is 5.91 Å². The van der Waals surface area contributed by atoms with E-state index in [2.05, 4.69) is 10.3 Å². The summed E-state index contributed by atoms with van der Waals surface area (Å²) in [5.41, 5.74) is 8.03. The van der Waals surface area contributed by atoms with Gasteiger partial charge in [-0.05, 0) is 43.0 Å². The van der Waals surface area contributed by atoms with Crippen molar-refractivity contribution in [2.24, 2.45) is 11.7 Å². The lowest BCUT2D eigenvalue weighted by atomic mass is 9.83. The second-order valence-electron chi connectivity index (χ2n) is 5.74. The van der Waals surface area contributed by atoms with Crippen LogP contribution in [0.15, 0.2) is 30.5 Å². The third-order valence-corrected chi connectivity index (χ3v) is 4.25. The zero-order valence-corrected chi connectivity index (χ0v) is 11.6. The van der Waals surface area contributed by atoms with Crippen molar-refractivity contribution in [3.8, 4) is 0 Å². The van der Waals surface area contributed by atoms with Gasteiger partial charge in [-0.1, -0.05) is 12.8 Å². The van der Waals surface area contributed by atoms with Crippen LogP contribution in [0.1, 0.15) is 32.1 Å². The van der Waals surface area contributed by atoms with Crippen LogP contribution in [0.4, 0.5) is 5.69 Å². The molecule has 1 fully saturated rings. The van der Waals surface area contributed by atoms with Gasteiger partial charge in [0.15, 0.2) is 0 Å². The molecule has 3 rings (SSSR count). The molecule has 0 bridgehead atoms. The average Bonchev–Trinajstić information content (AvgIpc) is 2.89. The van der Waals surface area contributed by atoms with Crippen molar-refractivity contribution in [3.05, 3.63) is 30.5 Å². The molecule has 1 amide bonds. The summed E-state index contributed by atoms with van der Waals surface area (Å²) >= 11 is 0. The lowest BCUT2D eigenvalue weighted by molar-refractivity contribution is -0.117. The molecule has 1 aromatic heterocycles. The highest BCUT2D eigenvalue weighted by atomic mass is 16.1. The number of fused-ring (bicyclic) bond motifs is 1. The van der Waals surface area contributed by atoms with Gasteiger partial charge in [-0.25, -0.2) is 0 Å². The summed E-state index contributed by atoms with van der Waals surface area (Å²) in [5.74, 6) is 0.405. The summed E-state index contributed by atoms with van der Waals surface area (Å²) in [5, 5.41) is 4.09. The predicted octanol–water partition coefficient (Wildman–Crippen LogP) is 3.01. The highest BCUT2D eigenvalue weighted by molar-refractivity contribution is 5.93. The standard InChI is InChI=1S/C16H21N3O/c17-14-4-2-1-3-11(14)10-16(20)19-13-5-6-15-12(9-13)7-8-18-15/h5-9,11,14,18H,1-4,10,17H2,(H,19,20). The molecule has 2 unspecified atom stereocenters. The Morgan fingerprint density at radius 3 is 3.00 bits per heavy atom. The van der Waals surface area contributed by atoms with Crippen molar-refractivity contribution in [2.45, 2.75) is 38.1 Å². The van der Waals surface area contributed by atoms with Crippen molar-refractivity contribution in [3.63, 3.8) is 0 Å². The number of hydrogen-bond donors (Lipinski definition) is 3. The fourth-order valence-electron chi connectivity index (χ4n) is 3.07. The van der Waals surface area contributed by atoms with Crippen LogP contribution in [-0.4, -0.2) is 16.9 Å². The van der Waals surface area contributed by atoms with Crippen LogP contribution in [0.3, 0.4) is 0 Å². The molecule has 4 heteroatoms. The molecule has 1 aliphatic rings. The molecule has 20 heavy (non-hydrogen) atoms. The van der Waals surface area contributed by atoms with E-state index < -0.39 is 0 Å². The van der Waals surface area contributed by atoms with E-state index in [0.717, 1.165) is 29.4 Å². The van der Waals surface area contributed by atoms with Crippen LogP contribution in [0, 0.1) is 5.92 Å². The van der Waals surface area contributed by atoms with E-state index in [4.69, 9.17) is 5.73 Å². The van der Waals surface area contributed by atoms with Crippen LogP contribution >= 0.6 is 0 Å². The molecule has 4 nitrogen and oxygen atoms in total. The number of carbonyl (C=O) groups is 1. The highest BCUT2D eigenvalue weighted by Gasteiger charge is 2.24. The lowest BCUT2D eigenvalue weighted by Gasteiger charge is -2.27. The monoisotopic (exact) mass is 271 g/mol. The lowest BCUT2D eigenvalue weighted by Crippen LogP contribution is -2.35.